The van der Waals surface area contributed by atoms with Crippen LogP contribution in [0.25, 0.3) is 0 Å². The summed E-state index contributed by atoms with van der Waals surface area (Å²) in [6, 6.07) is 7.74. The van der Waals surface area contributed by atoms with Crippen LogP contribution in [0.2, 0.25) is 10.0 Å². The van der Waals surface area contributed by atoms with E-state index in [-0.39, 0.29) is 27.8 Å². The SMILES string of the molecule is Fc1c(Cl)cccc1CNc1c(Cl)cccc1C(F)(F)F. The van der Waals surface area contributed by atoms with E-state index in [2.05, 4.69) is 5.32 Å². The molecule has 7 heteroatoms. The molecule has 0 amide bonds. The van der Waals surface area contributed by atoms with Gasteiger partial charge in [-0.05, 0) is 18.2 Å². The lowest BCUT2D eigenvalue weighted by Gasteiger charge is -2.16. The maximum Gasteiger partial charge on any atom is 0.418 e. The van der Waals surface area contributed by atoms with Crippen LogP contribution in [0.4, 0.5) is 23.2 Å². The molecule has 0 aliphatic carbocycles. The zero-order chi connectivity index (χ0) is 15.6. The second kappa shape index (κ2) is 6.12. The fraction of sp³-hybridized carbons (Fsp3) is 0.143. The van der Waals surface area contributed by atoms with Gasteiger partial charge in [0.25, 0.3) is 0 Å². The topological polar surface area (TPSA) is 12.0 Å². The summed E-state index contributed by atoms with van der Waals surface area (Å²) in [6.07, 6.45) is -4.56. The Morgan fingerprint density at radius 3 is 2.24 bits per heavy atom. The predicted molar refractivity (Wildman–Crippen MR) is 75.2 cm³/mol. The minimum atomic E-state index is -4.56. The molecule has 112 valence electrons. The van der Waals surface area contributed by atoms with Crippen molar-refractivity contribution >= 4 is 28.9 Å². The van der Waals surface area contributed by atoms with Gasteiger partial charge in [0.15, 0.2) is 0 Å². The molecule has 0 bridgehead atoms. The standard InChI is InChI=1S/C14H9Cl2F4N/c15-10-5-1-3-8(12(10)17)7-21-13-9(14(18,19)20)4-2-6-11(13)16/h1-6,21H,7H2. The van der Waals surface area contributed by atoms with Gasteiger partial charge >= 0.3 is 6.18 Å². The van der Waals surface area contributed by atoms with Crippen LogP contribution in [-0.2, 0) is 12.7 Å². The van der Waals surface area contributed by atoms with E-state index in [1.807, 2.05) is 0 Å². The fourth-order valence-corrected chi connectivity index (χ4v) is 2.24. The molecule has 0 unspecified atom stereocenters. The van der Waals surface area contributed by atoms with Crippen LogP contribution < -0.4 is 5.32 Å². The number of alkyl halides is 3. The van der Waals surface area contributed by atoms with Gasteiger partial charge < -0.3 is 5.32 Å². The van der Waals surface area contributed by atoms with Crippen molar-refractivity contribution < 1.29 is 17.6 Å². The summed E-state index contributed by atoms with van der Waals surface area (Å²) in [5.74, 6) is -0.674. The number of para-hydroxylation sites is 1. The minimum absolute atomic E-state index is 0.0905. The largest absolute Gasteiger partial charge is 0.418 e. The van der Waals surface area contributed by atoms with Crippen molar-refractivity contribution in [1.29, 1.82) is 0 Å². The van der Waals surface area contributed by atoms with Crippen LogP contribution in [0.3, 0.4) is 0 Å². The lowest BCUT2D eigenvalue weighted by atomic mass is 10.1. The van der Waals surface area contributed by atoms with Crippen LogP contribution in [0.15, 0.2) is 36.4 Å². The summed E-state index contributed by atoms with van der Waals surface area (Å²) in [4.78, 5) is 0. The molecule has 21 heavy (non-hydrogen) atoms. The zero-order valence-corrected chi connectivity index (χ0v) is 12.0. The van der Waals surface area contributed by atoms with Gasteiger partial charge in [-0.1, -0.05) is 41.4 Å². The summed E-state index contributed by atoms with van der Waals surface area (Å²) < 4.78 is 52.4. The van der Waals surface area contributed by atoms with Gasteiger partial charge in [-0.2, -0.15) is 13.2 Å². The molecular weight excluding hydrogens is 329 g/mol. The molecule has 0 heterocycles. The normalized spacial score (nSPS) is 11.5. The third kappa shape index (κ3) is 3.60. The minimum Gasteiger partial charge on any atom is -0.379 e. The van der Waals surface area contributed by atoms with E-state index < -0.39 is 17.6 Å². The summed E-state index contributed by atoms with van der Waals surface area (Å²) >= 11 is 11.4. The maximum atomic E-state index is 13.7. The number of benzene rings is 2. The number of rotatable bonds is 3. The number of hydrogen-bond donors (Lipinski definition) is 1. The van der Waals surface area contributed by atoms with E-state index in [1.165, 1.54) is 30.3 Å². The van der Waals surface area contributed by atoms with Gasteiger partial charge in [0, 0.05) is 12.1 Å². The van der Waals surface area contributed by atoms with E-state index in [4.69, 9.17) is 23.2 Å². The lowest BCUT2D eigenvalue weighted by molar-refractivity contribution is -0.136. The number of nitrogens with one attached hydrogen (secondary N) is 1. The Morgan fingerprint density at radius 1 is 0.952 bits per heavy atom. The van der Waals surface area contributed by atoms with Crippen LogP contribution in [-0.4, -0.2) is 0 Å². The Kier molecular flexibility index (Phi) is 4.64. The fourth-order valence-electron chi connectivity index (χ4n) is 1.81. The second-order valence-electron chi connectivity index (χ2n) is 4.23. The first-order valence-electron chi connectivity index (χ1n) is 5.83. The number of hydrogen-bond acceptors (Lipinski definition) is 1. The molecule has 0 radical (unpaired) electrons. The van der Waals surface area contributed by atoms with Crippen LogP contribution in [0.1, 0.15) is 11.1 Å². The Hall–Kier alpha value is -1.46. The van der Waals surface area contributed by atoms with Gasteiger partial charge in [0.2, 0.25) is 0 Å². The van der Waals surface area contributed by atoms with Gasteiger partial charge in [0.1, 0.15) is 5.82 Å². The highest BCUT2D eigenvalue weighted by molar-refractivity contribution is 6.33. The summed E-state index contributed by atoms with van der Waals surface area (Å²) in [7, 11) is 0. The maximum absolute atomic E-state index is 13.7. The van der Waals surface area contributed by atoms with Crippen molar-refractivity contribution in [2.75, 3.05) is 5.32 Å². The highest BCUT2D eigenvalue weighted by Gasteiger charge is 2.34. The molecular formula is C14H9Cl2F4N. The molecule has 0 atom stereocenters. The molecule has 2 aromatic carbocycles. The third-order valence-corrected chi connectivity index (χ3v) is 3.41. The summed E-state index contributed by atoms with van der Waals surface area (Å²) in [6.45, 7) is -0.167. The van der Waals surface area contributed by atoms with E-state index in [0.717, 1.165) is 6.07 Å². The molecule has 0 aromatic heterocycles. The first-order chi connectivity index (χ1) is 9.80. The Morgan fingerprint density at radius 2 is 1.57 bits per heavy atom. The first kappa shape index (κ1) is 15.9. The molecule has 0 spiro atoms. The Balaban J connectivity index is 2.30. The van der Waals surface area contributed by atoms with Crippen molar-refractivity contribution in [3.05, 3.63) is 63.4 Å². The predicted octanol–water partition coefficient (Wildman–Crippen LogP) is 5.76. The molecule has 0 aliphatic rings. The molecule has 0 saturated heterocycles. The molecule has 0 fully saturated rings. The molecule has 0 aliphatic heterocycles. The second-order valence-corrected chi connectivity index (χ2v) is 5.04. The Labute approximate surface area is 128 Å². The van der Waals surface area contributed by atoms with Gasteiger partial charge in [-0.3, -0.25) is 0 Å². The van der Waals surface area contributed by atoms with Crippen LogP contribution >= 0.6 is 23.2 Å². The van der Waals surface area contributed by atoms with Crippen molar-refractivity contribution in [1.82, 2.24) is 0 Å². The smallest absolute Gasteiger partial charge is 0.379 e. The Bertz CT molecular complexity index is 656. The van der Waals surface area contributed by atoms with E-state index in [1.54, 1.807) is 0 Å². The van der Waals surface area contributed by atoms with E-state index in [9.17, 15) is 17.6 Å². The third-order valence-electron chi connectivity index (χ3n) is 2.81. The quantitative estimate of drug-likeness (QED) is 0.701. The average molecular weight is 338 g/mol. The van der Waals surface area contributed by atoms with Crippen LogP contribution in [0.5, 0.6) is 0 Å². The lowest BCUT2D eigenvalue weighted by Crippen LogP contribution is -2.11. The monoisotopic (exact) mass is 337 g/mol. The zero-order valence-electron chi connectivity index (χ0n) is 10.4. The molecule has 2 rings (SSSR count). The highest BCUT2D eigenvalue weighted by Crippen LogP contribution is 2.38. The molecule has 2 aromatic rings. The molecule has 1 N–H and O–H groups in total. The van der Waals surface area contributed by atoms with Crippen molar-refractivity contribution in [3.63, 3.8) is 0 Å². The van der Waals surface area contributed by atoms with Crippen molar-refractivity contribution in [3.8, 4) is 0 Å². The van der Waals surface area contributed by atoms with Gasteiger partial charge in [-0.25, -0.2) is 4.39 Å². The van der Waals surface area contributed by atoms with Crippen molar-refractivity contribution in [2.24, 2.45) is 0 Å². The average Bonchev–Trinajstić information content (AvgIpc) is 2.40. The number of anilines is 1. The van der Waals surface area contributed by atoms with Gasteiger partial charge in [0.05, 0.1) is 21.3 Å². The van der Waals surface area contributed by atoms with Gasteiger partial charge in [-0.15, -0.1) is 0 Å². The highest BCUT2D eigenvalue weighted by atomic mass is 35.5. The summed E-state index contributed by atoms with van der Waals surface area (Å²) in [5.41, 5.74) is -1.04. The summed E-state index contributed by atoms with van der Waals surface area (Å²) in [5, 5.41) is 2.34. The van der Waals surface area contributed by atoms with Crippen molar-refractivity contribution in [2.45, 2.75) is 12.7 Å². The first-order valence-corrected chi connectivity index (χ1v) is 6.58. The molecule has 0 saturated carbocycles. The van der Waals surface area contributed by atoms with Crippen LogP contribution in [0, 0.1) is 5.82 Å². The number of halogens is 6. The van der Waals surface area contributed by atoms with E-state index in [0.29, 0.717) is 0 Å². The molecule has 1 nitrogen and oxygen atoms in total. The van der Waals surface area contributed by atoms with E-state index >= 15 is 0 Å².